The molecule has 1 saturated heterocycles. The Hall–Kier alpha value is -1.89. The van der Waals surface area contributed by atoms with Crippen LogP contribution in [0.25, 0.3) is 0 Å². The lowest BCUT2D eigenvalue weighted by Gasteiger charge is -2.31. The zero-order valence-electron chi connectivity index (χ0n) is 16.1. The first kappa shape index (κ1) is 21.2. The van der Waals surface area contributed by atoms with E-state index in [1.807, 2.05) is 41.5 Å². The summed E-state index contributed by atoms with van der Waals surface area (Å²) in [5.41, 5.74) is -0.657. The Morgan fingerprint density at radius 3 is 2.32 bits per heavy atom. The number of nitrogens with one attached hydrogen (secondary N) is 2. The van der Waals surface area contributed by atoms with Gasteiger partial charge in [-0.25, -0.2) is 0 Å². The first-order chi connectivity index (χ1) is 11.2. The van der Waals surface area contributed by atoms with E-state index in [4.69, 9.17) is 10.1 Å². The van der Waals surface area contributed by atoms with E-state index < -0.39 is 35.0 Å². The summed E-state index contributed by atoms with van der Waals surface area (Å²) in [7, 11) is 0. The van der Waals surface area contributed by atoms with Gasteiger partial charge in [0.15, 0.2) is 5.88 Å². The van der Waals surface area contributed by atoms with Crippen LogP contribution in [-0.4, -0.2) is 51.8 Å². The molecule has 1 fully saturated rings. The molecular formula is C18H31N3O4. The Bertz CT molecular complexity index is 558. The van der Waals surface area contributed by atoms with Gasteiger partial charge in [0.05, 0.1) is 12.5 Å². The van der Waals surface area contributed by atoms with Gasteiger partial charge in [-0.2, -0.15) is 0 Å². The van der Waals surface area contributed by atoms with E-state index in [9.17, 15) is 14.7 Å². The molecular weight excluding hydrogens is 322 g/mol. The summed E-state index contributed by atoms with van der Waals surface area (Å²) < 4.78 is 5.69. The standard InChI is InChI=1S/C18H31N3O4/c1-11(25-18(5,6)7)21-10-12(22)8-13(21)16(24)20-15(23)9-14(19)17(2,3)4/h12-13,19,22H,1,8-10H2,2-7H3,(H,20,23,24). The van der Waals surface area contributed by atoms with E-state index in [0.29, 0.717) is 5.88 Å². The van der Waals surface area contributed by atoms with E-state index in [1.54, 1.807) is 4.90 Å². The van der Waals surface area contributed by atoms with E-state index in [0.717, 1.165) is 0 Å². The van der Waals surface area contributed by atoms with Crippen molar-refractivity contribution in [1.82, 2.24) is 10.2 Å². The number of amides is 2. The third-order valence-electron chi connectivity index (χ3n) is 3.83. The maximum absolute atomic E-state index is 12.5. The number of hydrogen-bond donors (Lipinski definition) is 3. The van der Waals surface area contributed by atoms with Crippen LogP contribution in [0.15, 0.2) is 12.5 Å². The summed E-state index contributed by atoms with van der Waals surface area (Å²) >= 11 is 0. The van der Waals surface area contributed by atoms with Crippen LogP contribution in [0.3, 0.4) is 0 Å². The quantitative estimate of drug-likeness (QED) is 0.517. The number of rotatable bonds is 5. The predicted molar refractivity (Wildman–Crippen MR) is 96.0 cm³/mol. The van der Waals surface area contributed by atoms with Gasteiger partial charge in [0, 0.05) is 24.1 Å². The van der Waals surface area contributed by atoms with Gasteiger partial charge in [0.25, 0.3) is 0 Å². The summed E-state index contributed by atoms with van der Waals surface area (Å²) in [5, 5.41) is 20.1. The average Bonchev–Trinajstić information content (AvgIpc) is 2.77. The van der Waals surface area contributed by atoms with Gasteiger partial charge in [0.1, 0.15) is 11.6 Å². The van der Waals surface area contributed by atoms with Crippen molar-refractivity contribution in [2.24, 2.45) is 5.41 Å². The fourth-order valence-corrected chi connectivity index (χ4v) is 2.44. The Kier molecular flexibility index (Phi) is 6.39. The zero-order valence-corrected chi connectivity index (χ0v) is 16.1. The molecule has 2 unspecified atom stereocenters. The van der Waals surface area contributed by atoms with Gasteiger partial charge in [-0.3, -0.25) is 14.9 Å². The third-order valence-corrected chi connectivity index (χ3v) is 3.83. The van der Waals surface area contributed by atoms with Crippen molar-refractivity contribution in [2.45, 2.75) is 72.1 Å². The van der Waals surface area contributed by atoms with Gasteiger partial charge >= 0.3 is 0 Å². The highest BCUT2D eigenvalue weighted by atomic mass is 16.5. The molecule has 3 N–H and O–H groups in total. The molecule has 2 atom stereocenters. The summed E-state index contributed by atoms with van der Waals surface area (Å²) in [6, 6.07) is -0.724. The smallest absolute Gasteiger partial charge is 0.249 e. The largest absolute Gasteiger partial charge is 0.474 e. The molecule has 0 aromatic rings. The number of carbonyl (C=O) groups is 2. The van der Waals surface area contributed by atoms with Crippen molar-refractivity contribution >= 4 is 17.5 Å². The molecule has 25 heavy (non-hydrogen) atoms. The molecule has 0 saturated carbocycles. The van der Waals surface area contributed by atoms with Crippen LogP contribution < -0.4 is 5.32 Å². The maximum atomic E-state index is 12.5. The molecule has 0 aliphatic carbocycles. The van der Waals surface area contributed by atoms with E-state index in [-0.39, 0.29) is 25.1 Å². The predicted octanol–water partition coefficient (Wildman–Crippen LogP) is 1.81. The van der Waals surface area contributed by atoms with Crippen molar-refractivity contribution in [3.63, 3.8) is 0 Å². The van der Waals surface area contributed by atoms with Crippen LogP contribution in [-0.2, 0) is 14.3 Å². The maximum Gasteiger partial charge on any atom is 0.249 e. The molecule has 0 bridgehead atoms. The van der Waals surface area contributed by atoms with Crippen LogP contribution >= 0.6 is 0 Å². The van der Waals surface area contributed by atoms with Crippen LogP contribution in [0.5, 0.6) is 0 Å². The highest BCUT2D eigenvalue weighted by molar-refractivity contribution is 6.07. The average molecular weight is 353 g/mol. The second kappa shape index (κ2) is 7.56. The lowest BCUT2D eigenvalue weighted by atomic mass is 9.88. The first-order valence-electron chi connectivity index (χ1n) is 8.45. The molecule has 7 nitrogen and oxygen atoms in total. The highest BCUT2D eigenvalue weighted by Gasteiger charge is 2.39. The van der Waals surface area contributed by atoms with Gasteiger partial charge < -0.3 is 20.2 Å². The first-order valence-corrected chi connectivity index (χ1v) is 8.45. The van der Waals surface area contributed by atoms with Crippen molar-refractivity contribution in [3.8, 4) is 0 Å². The molecule has 1 heterocycles. The molecule has 1 aliphatic heterocycles. The minimum Gasteiger partial charge on any atom is -0.474 e. The molecule has 1 aliphatic rings. The van der Waals surface area contributed by atoms with Crippen LogP contribution in [0.4, 0.5) is 0 Å². The van der Waals surface area contributed by atoms with Crippen molar-refractivity contribution in [2.75, 3.05) is 6.54 Å². The summed E-state index contributed by atoms with van der Waals surface area (Å²) in [6.45, 7) is 15.2. The van der Waals surface area contributed by atoms with Crippen LogP contribution in [0.1, 0.15) is 54.4 Å². The van der Waals surface area contributed by atoms with Crippen LogP contribution in [0, 0.1) is 10.8 Å². The second-order valence-corrected chi connectivity index (χ2v) is 8.48. The second-order valence-electron chi connectivity index (χ2n) is 8.48. The number of likely N-dealkylation sites (tertiary alicyclic amines) is 1. The molecule has 0 radical (unpaired) electrons. The van der Waals surface area contributed by atoms with Crippen molar-refractivity contribution in [3.05, 3.63) is 12.5 Å². The Balaban J connectivity index is 2.73. The Morgan fingerprint density at radius 2 is 1.84 bits per heavy atom. The molecule has 0 aromatic heterocycles. The molecule has 1 rings (SSSR count). The number of imide groups is 1. The number of aliphatic hydroxyl groups is 1. The summed E-state index contributed by atoms with van der Waals surface area (Å²) in [4.78, 5) is 26.1. The van der Waals surface area contributed by atoms with Gasteiger partial charge in [-0.15, -0.1) is 0 Å². The number of carbonyl (C=O) groups excluding carboxylic acids is 2. The van der Waals surface area contributed by atoms with Crippen LogP contribution in [0.2, 0.25) is 0 Å². The van der Waals surface area contributed by atoms with E-state index in [1.165, 1.54) is 0 Å². The molecule has 142 valence electrons. The number of aliphatic hydroxyl groups excluding tert-OH is 1. The van der Waals surface area contributed by atoms with Crippen molar-refractivity contribution < 1.29 is 19.4 Å². The summed E-state index contributed by atoms with van der Waals surface area (Å²) in [6.07, 6.45) is -0.634. The number of β-amino-alcohol motifs (C(OH)–C–C–N with tert-alkyl or cyclic N) is 1. The minimum atomic E-state index is -0.724. The molecule has 2 amide bonds. The fraction of sp³-hybridized carbons (Fsp3) is 0.722. The topological polar surface area (TPSA) is 103 Å². The number of ether oxygens (including phenoxy) is 1. The third kappa shape index (κ3) is 6.49. The van der Waals surface area contributed by atoms with Gasteiger partial charge in [0.2, 0.25) is 11.8 Å². The summed E-state index contributed by atoms with van der Waals surface area (Å²) in [5.74, 6) is -0.741. The fourth-order valence-electron chi connectivity index (χ4n) is 2.44. The number of nitrogens with zero attached hydrogens (tertiary/aromatic N) is 1. The van der Waals surface area contributed by atoms with Crippen molar-refractivity contribution in [1.29, 1.82) is 5.41 Å². The number of hydrogen-bond acceptors (Lipinski definition) is 6. The Labute approximate surface area is 149 Å². The monoisotopic (exact) mass is 353 g/mol. The highest BCUT2D eigenvalue weighted by Crippen LogP contribution is 2.26. The molecule has 7 heteroatoms. The van der Waals surface area contributed by atoms with Gasteiger partial charge in [-0.05, 0) is 27.4 Å². The molecule has 0 spiro atoms. The van der Waals surface area contributed by atoms with Gasteiger partial charge in [-0.1, -0.05) is 20.8 Å². The molecule has 0 aromatic carbocycles. The normalized spacial score (nSPS) is 21.0. The zero-order chi connectivity index (χ0) is 19.6. The SMILES string of the molecule is C=C(OC(C)(C)C)N1CC(O)CC1C(=O)NC(=O)CC(=N)C(C)(C)C. The lowest BCUT2D eigenvalue weighted by Crippen LogP contribution is -2.46. The van der Waals surface area contributed by atoms with E-state index in [2.05, 4.69) is 11.9 Å². The lowest BCUT2D eigenvalue weighted by molar-refractivity contribution is -0.133. The minimum absolute atomic E-state index is 0.135. The Morgan fingerprint density at radius 1 is 1.28 bits per heavy atom. The van der Waals surface area contributed by atoms with E-state index >= 15 is 0 Å².